The zero-order valence-corrected chi connectivity index (χ0v) is 11.9. The summed E-state index contributed by atoms with van der Waals surface area (Å²) in [6.07, 6.45) is 0.770. The number of amides is 1. The van der Waals surface area contributed by atoms with Gasteiger partial charge in [0.15, 0.2) is 0 Å². The monoisotopic (exact) mass is 282 g/mol. The fourth-order valence-corrected chi connectivity index (χ4v) is 2.35. The summed E-state index contributed by atoms with van der Waals surface area (Å²) in [6, 6.07) is 15.3. The molecule has 0 fully saturated rings. The van der Waals surface area contributed by atoms with Gasteiger partial charge >= 0.3 is 0 Å². The van der Waals surface area contributed by atoms with Crippen molar-refractivity contribution in [2.45, 2.75) is 19.5 Å². The molecule has 1 atom stereocenters. The number of para-hydroxylation sites is 1. The zero-order valence-electron chi connectivity index (χ0n) is 11.9. The Bertz CT molecular complexity index is 637. The maximum absolute atomic E-state index is 12.1. The molecule has 1 aliphatic rings. The van der Waals surface area contributed by atoms with Crippen LogP contribution >= 0.6 is 0 Å². The Hall–Kier alpha value is -2.49. The molecule has 1 heterocycles. The third kappa shape index (κ3) is 2.84. The Labute approximate surface area is 124 Å². The van der Waals surface area contributed by atoms with E-state index < -0.39 is 0 Å². The molecule has 108 valence electrons. The van der Waals surface area contributed by atoms with Crippen LogP contribution < -0.4 is 15.4 Å². The number of anilines is 1. The maximum atomic E-state index is 12.1. The van der Waals surface area contributed by atoms with Crippen LogP contribution in [0.2, 0.25) is 0 Å². The van der Waals surface area contributed by atoms with Gasteiger partial charge in [-0.25, -0.2) is 0 Å². The van der Waals surface area contributed by atoms with Crippen LogP contribution in [-0.4, -0.2) is 12.5 Å². The predicted molar refractivity (Wildman–Crippen MR) is 82.5 cm³/mol. The Morgan fingerprint density at radius 3 is 2.57 bits per heavy atom. The predicted octanol–water partition coefficient (Wildman–Crippen LogP) is 3.33. The molecule has 3 rings (SSSR count). The van der Waals surface area contributed by atoms with Crippen LogP contribution in [0.4, 0.5) is 5.69 Å². The van der Waals surface area contributed by atoms with Crippen molar-refractivity contribution in [3.63, 3.8) is 0 Å². The van der Waals surface area contributed by atoms with Crippen molar-refractivity contribution in [3.05, 3.63) is 59.7 Å². The lowest BCUT2D eigenvalue weighted by Crippen LogP contribution is -2.38. The average Bonchev–Trinajstić information content (AvgIpc) is 2.53. The van der Waals surface area contributed by atoms with Crippen LogP contribution in [0.1, 0.15) is 35.4 Å². The molecule has 2 aromatic rings. The summed E-state index contributed by atoms with van der Waals surface area (Å²) < 4.78 is 5.57. The minimum Gasteiger partial charge on any atom is -0.494 e. The van der Waals surface area contributed by atoms with Gasteiger partial charge in [-0.15, -0.1) is 0 Å². The molecule has 0 radical (unpaired) electrons. The van der Waals surface area contributed by atoms with Crippen molar-refractivity contribution in [1.29, 1.82) is 0 Å². The van der Waals surface area contributed by atoms with Crippen molar-refractivity contribution >= 4 is 11.6 Å². The molecular formula is C17H18N2O2. The third-order valence-electron chi connectivity index (χ3n) is 3.43. The second kappa shape index (κ2) is 5.87. The van der Waals surface area contributed by atoms with Gasteiger partial charge in [-0.05, 0) is 36.2 Å². The molecule has 0 aliphatic carbocycles. The van der Waals surface area contributed by atoms with Crippen LogP contribution in [0.25, 0.3) is 0 Å². The van der Waals surface area contributed by atoms with E-state index in [4.69, 9.17) is 4.74 Å². The van der Waals surface area contributed by atoms with E-state index in [0.717, 1.165) is 23.4 Å². The van der Waals surface area contributed by atoms with Crippen LogP contribution in [0.5, 0.6) is 5.75 Å². The number of nitrogens with one attached hydrogen (secondary N) is 2. The van der Waals surface area contributed by atoms with Gasteiger partial charge in [0.25, 0.3) is 5.91 Å². The van der Waals surface area contributed by atoms with Gasteiger partial charge in [0.2, 0.25) is 0 Å². The SMILES string of the molecule is CCCOc1ccc([C@@H]2NC(=O)c3ccccc3N2)cc1. The van der Waals surface area contributed by atoms with E-state index in [0.29, 0.717) is 12.2 Å². The van der Waals surface area contributed by atoms with Gasteiger partial charge in [0, 0.05) is 5.69 Å². The normalized spacial score (nSPS) is 16.6. The Morgan fingerprint density at radius 1 is 1.05 bits per heavy atom. The van der Waals surface area contributed by atoms with Gasteiger partial charge in [0.1, 0.15) is 11.9 Å². The molecule has 2 N–H and O–H groups in total. The van der Waals surface area contributed by atoms with Gasteiger partial charge in [-0.2, -0.15) is 0 Å². The van der Waals surface area contributed by atoms with E-state index in [9.17, 15) is 4.79 Å². The number of hydrogen-bond donors (Lipinski definition) is 2. The molecule has 0 saturated carbocycles. The van der Waals surface area contributed by atoms with E-state index >= 15 is 0 Å². The number of carbonyl (C=O) groups is 1. The first-order valence-corrected chi connectivity index (χ1v) is 7.17. The molecule has 2 aromatic carbocycles. The molecular weight excluding hydrogens is 264 g/mol. The molecule has 0 unspecified atom stereocenters. The molecule has 0 bridgehead atoms. The molecule has 21 heavy (non-hydrogen) atoms. The van der Waals surface area contributed by atoms with E-state index in [1.165, 1.54) is 0 Å². The molecule has 0 spiro atoms. The topological polar surface area (TPSA) is 50.4 Å². The molecule has 4 nitrogen and oxygen atoms in total. The second-order valence-electron chi connectivity index (χ2n) is 5.01. The lowest BCUT2D eigenvalue weighted by molar-refractivity contribution is 0.0935. The number of benzene rings is 2. The minimum absolute atomic E-state index is 0.0549. The fourth-order valence-electron chi connectivity index (χ4n) is 2.35. The first-order valence-electron chi connectivity index (χ1n) is 7.17. The number of ether oxygens (including phenoxy) is 1. The van der Waals surface area contributed by atoms with Gasteiger partial charge < -0.3 is 15.4 Å². The highest BCUT2D eigenvalue weighted by Crippen LogP contribution is 2.27. The van der Waals surface area contributed by atoms with Crippen molar-refractivity contribution in [1.82, 2.24) is 5.32 Å². The number of carbonyl (C=O) groups excluding carboxylic acids is 1. The van der Waals surface area contributed by atoms with E-state index in [1.807, 2.05) is 48.5 Å². The van der Waals surface area contributed by atoms with Crippen molar-refractivity contribution in [3.8, 4) is 5.75 Å². The van der Waals surface area contributed by atoms with E-state index in [-0.39, 0.29) is 12.1 Å². The molecule has 0 aromatic heterocycles. The van der Waals surface area contributed by atoms with Gasteiger partial charge in [0.05, 0.1) is 12.2 Å². The number of fused-ring (bicyclic) bond motifs is 1. The standard InChI is InChI=1S/C17H18N2O2/c1-2-11-21-13-9-7-12(8-10-13)16-18-15-6-4-3-5-14(15)17(20)19-16/h3-10,16,18H,2,11H2,1H3,(H,19,20)/t16-/m0/s1. The Morgan fingerprint density at radius 2 is 1.81 bits per heavy atom. The first-order chi connectivity index (χ1) is 10.3. The summed E-state index contributed by atoms with van der Waals surface area (Å²) in [7, 11) is 0. The summed E-state index contributed by atoms with van der Waals surface area (Å²) >= 11 is 0. The highest BCUT2D eigenvalue weighted by Gasteiger charge is 2.23. The van der Waals surface area contributed by atoms with Crippen LogP contribution in [0.15, 0.2) is 48.5 Å². The first kappa shape index (κ1) is 13.5. The van der Waals surface area contributed by atoms with Crippen molar-refractivity contribution in [2.75, 3.05) is 11.9 Å². The highest BCUT2D eigenvalue weighted by atomic mass is 16.5. The molecule has 1 amide bonds. The quantitative estimate of drug-likeness (QED) is 0.904. The molecule has 0 saturated heterocycles. The summed E-state index contributed by atoms with van der Waals surface area (Å²) in [5.74, 6) is 0.795. The van der Waals surface area contributed by atoms with E-state index in [1.54, 1.807) is 0 Å². The summed E-state index contributed by atoms with van der Waals surface area (Å²) in [5.41, 5.74) is 2.54. The summed E-state index contributed by atoms with van der Waals surface area (Å²) in [4.78, 5) is 12.1. The van der Waals surface area contributed by atoms with Crippen LogP contribution in [0.3, 0.4) is 0 Å². The zero-order chi connectivity index (χ0) is 14.7. The Balaban J connectivity index is 1.78. The Kier molecular flexibility index (Phi) is 3.77. The maximum Gasteiger partial charge on any atom is 0.255 e. The van der Waals surface area contributed by atoms with E-state index in [2.05, 4.69) is 17.6 Å². The summed E-state index contributed by atoms with van der Waals surface area (Å²) in [5, 5.41) is 6.29. The van der Waals surface area contributed by atoms with Gasteiger partial charge in [-0.1, -0.05) is 31.2 Å². The fraction of sp³-hybridized carbons (Fsp3) is 0.235. The number of rotatable bonds is 4. The van der Waals surface area contributed by atoms with Crippen molar-refractivity contribution in [2.24, 2.45) is 0 Å². The second-order valence-corrected chi connectivity index (χ2v) is 5.01. The van der Waals surface area contributed by atoms with Gasteiger partial charge in [-0.3, -0.25) is 4.79 Å². The average molecular weight is 282 g/mol. The largest absolute Gasteiger partial charge is 0.494 e. The molecule has 4 heteroatoms. The lowest BCUT2D eigenvalue weighted by atomic mass is 10.1. The molecule has 1 aliphatic heterocycles. The summed E-state index contributed by atoms with van der Waals surface area (Å²) in [6.45, 7) is 2.79. The van der Waals surface area contributed by atoms with Crippen LogP contribution in [-0.2, 0) is 0 Å². The van der Waals surface area contributed by atoms with Crippen LogP contribution in [0, 0.1) is 0 Å². The number of hydrogen-bond acceptors (Lipinski definition) is 3. The third-order valence-corrected chi connectivity index (χ3v) is 3.43. The highest BCUT2D eigenvalue weighted by molar-refractivity contribution is 6.01. The van der Waals surface area contributed by atoms with Crippen molar-refractivity contribution < 1.29 is 9.53 Å². The smallest absolute Gasteiger partial charge is 0.255 e. The lowest BCUT2D eigenvalue weighted by Gasteiger charge is -2.28. The minimum atomic E-state index is -0.215.